The second kappa shape index (κ2) is 7.42. The van der Waals surface area contributed by atoms with Gasteiger partial charge in [0.2, 0.25) is 11.8 Å². The van der Waals surface area contributed by atoms with Gasteiger partial charge in [-0.2, -0.15) is 13.2 Å². The molecule has 5 nitrogen and oxygen atoms in total. The lowest BCUT2D eigenvalue weighted by Crippen LogP contribution is -2.28. The van der Waals surface area contributed by atoms with E-state index in [4.69, 9.17) is 0 Å². The van der Waals surface area contributed by atoms with Gasteiger partial charge in [-0.1, -0.05) is 18.2 Å². The summed E-state index contributed by atoms with van der Waals surface area (Å²) >= 11 is 0. The maximum Gasteiger partial charge on any atom is 0.422 e. The highest BCUT2D eigenvalue weighted by Crippen LogP contribution is 2.49. The van der Waals surface area contributed by atoms with Crippen molar-refractivity contribution in [1.82, 2.24) is 15.3 Å². The van der Waals surface area contributed by atoms with Gasteiger partial charge in [0.15, 0.2) is 6.61 Å². The molecule has 4 rings (SSSR count). The minimum atomic E-state index is -4.41. The summed E-state index contributed by atoms with van der Waals surface area (Å²) in [7, 11) is 0. The number of hydrogen-bond acceptors (Lipinski definition) is 3. The average Bonchev–Trinajstić information content (AvgIpc) is 3.34. The third-order valence-electron chi connectivity index (χ3n) is 5.16. The second-order valence-corrected chi connectivity index (χ2v) is 7.30. The van der Waals surface area contributed by atoms with Crippen LogP contribution in [-0.2, 0) is 4.79 Å². The van der Waals surface area contributed by atoms with Crippen LogP contribution in [0.1, 0.15) is 36.4 Å². The quantitative estimate of drug-likeness (QED) is 0.638. The molecule has 0 radical (unpaired) electrons. The molecule has 3 atom stereocenters. The van der Waals surface area contributed by atoms with Gasteiger partial charge >= 0.3 is 6.18 Å². The number of benzene rings is 1. The Labute approximate surface area is 165 Å². The second-order valence-electron chi connectivity index (χ2n) is 7.30. The van der Waals surface area contributed by atoms with Crippen LogP contribution in [0.5, 0.6) is 5.88 Å². The smallest absolute Gasteiger partial charge is 0.422 e. The van der Waals surface area contributed by atoms with Gasteiger partial charge in [0.05, 0.1) is 6.04 Å². The zero-order chi connectivity index (χ0) is 20.6. The molecule has 1 fully saturated rings. The van der Waals surface area contributed by atoms with E-state index in [9.17, 15) is 18.0 Å². The summed E-state index contributed by atoms with van der Waals surface area (Å²) in [6, 6.07) is 10.7. The minimum Gasteiger partial charge on any atom is -0.468 e. The molecule has 1 aliphatic rings. The van der Waals surface area contributed by atoms with Crippen molar-refractivity contribution in [2.75, 3.05) is 6.61 Å². The Balaban J connectivity index is 1.35. The lowest BCUT2D eigenvalue weighted by molar-refractivity contribution is -0.154. The van der Waals surface area contributed by atoms with E-state index in [1.165, 1.54) is 17.8 Å². The molecule has 3 aromatic rings. The van der Waals surface area contributed by atoms with E-state index in [2.05, 4.69) is 26.1 Å². The van der Waals surface area contributed by atoms with Crippen LogP contribution in [0.4, 0.5) is 13.2 Å². The standard InChI is InChI=1S/C21H20F3N3O2/c1-12(13-5-6-19(26-10-13)29-11-21(22,23)24)27-20(28)17-9-16(17)14-3-2-4-18-15(14)7-8-25-18/h2-8,10,12,16-17,25H,9,11H2,1H3,(H,27,28)/t12?,16-,17+/m0/s1. The van der Waals surface area contributed by atoms with Crippen LogP contribution in [0.2, 0.25) is 0 Å². The summed E-state index contributed by atoms with van der Waals surface area (Å²) in [5, 5.41) is 4.11. The van der Waals surface area contributed by atoms with Gasteiger partial charge in [0, 0.05) is 35.3 Å². The fourth-order valence-electron chi connectivity index (χ4n) is 3.55. The van der Waals surface area contributed by atoms with Crippen LogP contribution in [0.3, 0.4) is 0 Å². The molecule has 1 unspecified atom stereocenters. The van der Waals surface area contributed by atoms with Gasteiger partial charge in [-0.05, 0) is 42.5 Å². The van der Waals surface area contributed by atoms with Gasteiger partial charge < -0.3 is 15.0 Å². The van der Waals surface area contributed by atoms with Crippen molar-refractivity contribution in [3.8, 4) is 5.88 Å². The number of ether oxygens (including phenoxy) is 1. The van der Waals surface area contributed by atoms with Crippen molar-refractivity contribution >= 4 is 16.8 Å². The predicted octanol–water partition coefficient (Wildman–Crippen LogP) is 4.48. The highest BCUT2D eigenvalue weighted by Gasteiger charge is 2.44. The molecule has 0 bridgehead atoms. The van der Waals surface area contributed by atoms with Crippen molar-refractivity contribution < 1.29 is 22.7 Å². The number of H-pyrrole nitrogens is 1. The highest BCUT2D eigenvalue weighted by molar-refractivity contribution is 5.88. The third kappa shape index (κ3) is 4.36. The highest BCUT2D eigenvalue weighted by atomic mass is 19.4. The zero-order valence-corrected chi connectivity index (χ0v) is 15.7. The molecule has 2 heterocycles. The Morgan fingerprint density at radius 1 is 1.31 bits per heavy atom. The first-order chi connectivity index (χ1) is 13.8. The SMILES string of the molecule is CC(NC(=O)[C@@H]1C[C@H]1c1cccc2[nH]ccc12)c1ccc(OCC(F)(F)F)nc1. The van der Waals surface area contributed by atoms with Crippen molar-refractivity contribution in [2.24, 2.45) is 5.92 Å². The zero-order valence-electron chi connectivity index (χ0n) is 15.7. The summed E-state index contributed by atoms with van der Waals surface area (Å²) in [5.74, 6) is -0.0304. The molecule has 0 spiro atoms. The summed E-state index contributed by atoms with van der Waals surface area (Å²) in [5.41, 5.74) is 2.92. The van der Waals surface area contributed by atoms with Gasteiger partial charge in [-0.25, -0.2) is 4.98 Å². The fraction of sp³-hybridized carbons (Fsp3) is 0.333. The number of rotatable bonds is 6. The Morgan fingerprint density at radius 2 is 2.14 bits per heavy atom. The van der Waals surface area contributed by atoms with Crippen molar-refractivity contribution in [1.29, 1.82) is 0 Å². The fourth-order valence-corrected chi connectivity index (χ4v) is 3.55. The average molecular weight is 403 g/mol. The topological polar surface area (TPSA) is 67.0 Å². The number of aromatic amines is 1. The number of amides is 1. The summed E-state index contributed by atoms with van der Waals surface area (Å²) < 4.78 is 41.2. The number of halogens is 3. The third-order valence-corrected chi connectivity index (χ3v) is 5.16. The minimum absolute atomic E-state index is 0.0348. The lowest BCUT2D eigenvalue weighted by Gasteiger charge is -2.15. The van der Waals surface area contributed by atoms with E-state index < -0.39 is 12.8 Å². The molecule has 152 valence electrons. The largest absolute Gasteiger partial charge is 0.468 e. The Morgan fingerprint density at radius 3 is 2.86 bits per heavy atom. The van der Waals surface area contributed by atoms with Gasteiger partial charge in [0.25, 0.3) is 0 Å². The molecule has 2 N–H and O–H groups in total. The van der Waals surface area contributed by atoms with Crippen LogP contribution in [0.25, 0.3) is 10.9 Å². The Kier molecular flexibility index (Phi) is 4.94. The first-order valence-corrected chi connectivity index (χ1v) is 9.34. The number of pyridine rings is 1. The number of fused-ring (bicyclic) bond motifs is 1. The first kappa shape index (κ1) is 19.3. The molecule has 0 saturated heterocycles. The summed E-state index contributed by atoms with van der Waals surface area (Å²) in [6.07, 6.45) is -0.303. The predicted molar refractivity (Wildman–Crippen MR) is 101 cm³/mol. The van der Waals surface area contributed by atoms with E-state index >= 15 is 0 Å². The van der Waals surface area contributed by atoms with Crippen LogP contribution < -0.4 is 10.1 Å². The molecule has 1 saturated carbocycles. The van der Waals surface area contributed by atoms with Crippen LogP contribution in [-0.4, -0.2) is 28.7 Å². The number of carbonyl (C=O) groups is 1. The maximum absolute atomic E-state index is 12.6. The number of hydrogen-bond donors (Lipinski definition) is 2. The molecule has 1 aliphatic carbocycles. The lowest BCUT2D eigenvalue weighted by atomic mass is 10.0. The van der Waals surface area contributed by atoms with E-state index in [0.717, 1.165) is 17.3 Å². The summed E-state index contributed by atoms with van der Waals surface area (Å²) in [6.45, 7) is 0.429. The number of nitrogens with one attached hydrogen (secondary N) is 2. The number of nitrogens with zero attached hydrogens (tertiary/aromatic N) is 1. The monoisotopic (exact) mass is 403 g/mol. The van der Waals surface area contributed by atoms with E-state index in [0.29, 0.717) is 5.56 Å². The molecule has 2 aromatic heterocycles. The van der Waals surface area contributed by atoms with Gasteiger partial charge in [-0.15, -0.1) is 0 Å². The maximum atomic E-state index is 12.6. The van der Waals surface area contributed by atoms with E-state index in [-0.39, 0.29) is 29.7 Å². The number of aromatic nitrogens is 2. The Hall–Kier alpha value is -3.03. The molecular formula is C21H20F3N3O2. The molecular weight excluding hydrogens is 383 g/mol. The van der Waals surface area contributed by atoms with E-state index in [1.54, 1.807) is 6.07 Å². The van der Waals surface area contributed by atoms with Gasteiger partial charge in [0.1, 0.15) is 0 Å². The van der Waals surface area contributed by atoms with Crippen molar-refractivity contribution in [3.05, 3.63) is 59.9 Å². The normalized spacial score (nSPS) is 19.7. The number of alkyl halides is 3. The first-order valence-electron chi connectivity index (χ1n) is 9.34. The number of carbonyl (C=O) groups excluding carboxylic acids is 1. The molecule has 0 aliphatic heterocycles. The van der Waals surface area contributed by atoms with Crippen molar-refractivity contribution in [2.45, 2.75) is 31.5 Å². The molecule has 29 heavy (non-hydrogen) atoms. The van der Waals surface area contributed by atoms with Gasteiger partial charge in [-0.3, -0.25) is 4.79 Å². The van der Waals surface area contributed by atoms with Crippen LogP contribution >= 0.6 is 0 Å². The van der Waals surface area contributed by atoms with Crippen LogP contribution in [0.15, 0.2) is 48.8 Å². The van der Waals surface area contributed by atoms with Crippen molar-refractivity contribution in [3.63, 3.8) is 0 Å². The molecule has 8 heteroatoms. The summed E-state index contributed by atoms with van der Waals surface area (Å²) in [4.78, 5) is 19.7. The molecule has 1 amide bonds. The Bertz CT molecular complexity index is 1010. The molecule has 1 aromatic carbocycles. The van der Waals surface area contributed by atoms with E-state index in [1.807, 2.05) is 31.3 Å². The van der Waals surface area contributed by atoms with Crippen LogP contribution in [0, 0.1) is 5.92 Å².